The summed E-state index contributed by atoms with van der Waals surface area (Å²) in [6, 6.07) is 5.19. The van der Waals surface area contributed by atoms with Gasteiger partial charge >= 0.3 is 0 Å². The molecule has 0 radical (unpaired) electrons. The minimum atomic E-state index is -0.277. The normalized spacial score (nSPS) is 14.5. The van der Waals surface area contributed by atoms with Crippen LogP contribution in [0.25, 0.3) is 0 Å². The zero-order valence-corrected chi connectivity index (χ0v) is 15.7. The number of fused-ring (bicyclic) bond motifs is 1. The van der Waals surface area contributed by atoms with Gasteiger partial charge in [-0.15, -0.1) is 0 Å². The number of aromatic nitrogens is 2. The van der Waals surface area contributed by atoms with E-state index in [9.17, 15) is 9.59 Å². The van der Waals surface area contributed by atoms with Crippen LogP contribution in [0.2, 0.25) is 0 Å². The number of benzene rings is 1. The van der Waals surface area contributed by atoms with Crippen molar-refractivity contribution in [2.75, 3.05) is 11.9 Å². The number of hydrogen-bond acceptors (Lipinski definition) is 4. The lowest BCUT2D eigenvalue weighted by molar-refractivity contribution is -0.118. The van der Waals surface area contributed by atoms with Gasteiger partial charge in [-0.05, 0) is 46.5 Å². The maximum Gasteiger partial charge on any atom is 0.273 e. The average Bonchev–Trinajstić information content (AvgIpc) is 2.95. The van der Waals surface area contributed by atoms with Crippen molar-refractivity contribution in [3.63, 3.8) is 0 Å². The minimum Gasteiger partial charge on any atom is -0.482 e. The van der Waals surface area contributed by atoms with Gasteiger partial charge in [0.05, 0.1) is 21.9 Å². The Labute approximate surface area is 153 Å². The second-order valence-electron chi connectivity index (χ2n) is 6.24. The second-order valence-corrected chi connectivity index (χ2v) is 7.04. The molecular weight excluding hydrogens is 388 g/mol. The Hall–Kier alpha value is -2.35. The van der Waals surface area contributed by atoms with Crippen LogP contribution in [-0.2, 0) is 4.79 Å². The Bertz CT molecular complexity index is 831. The Kier molecular flexibility index (Phi) is 4.80. The van der Waals surface area contributed by atoms with Gasteiger partial charge in [0.1, 0.15) is 5.75 Å². The summed E-state index contributed by atoms with van der Waals surface area (Å²) in [6.45, 7) is 5.93. The summed E-state index contributed by atoms with van der Waals surface area (Å²) in [7, 11) is 0. The number of carbonyl (C=O) groups excluding carboxylic acids is 2. The summed E-state index contributed by atoms with van der Waals surface area (Å²) in [5.41, 5.74) is 2.67. The molecule has 1 aliphatic rings. The third-order valence-electron chi connectivity index (χ3n) is 4.01. The lowest BCUT2D eigenvalue weighted by Crippen LogP contribution is -2.28. The topological polar surface area (TPSA) is 96.1 Å². The van der Waals surface area contributed by atoms with Gasteiger partial charge in [-0.2, -0.15) is 5.10 Å². The van der Waals surface area contributed by atoms with E-state index in [1.54, 1.807) is 12.1 Å². The van der Waals surface area contributed by atoms with Crippen LogP contribution in [0.5, 0.6) is 5.75 Å². The number of aromatic amines is 1. The first-order valence-electron chi connectivity index (χ1n) is 7.98. The highest BCUT2D eigenvalue weighted by molar-refractivity contribution is 9.10. The molecule has 2 heterocycles. The maximum absolute atomic E-state index is 12.5. The van der Waals surface area contributed by atoms with E-state index in [2.05, 4.69) is 36.8 Å². The molecule has 1 aromatic carbocycles. The number of hydrogen-bond donors (Lipinski definition) is 3. The van der Waals surface area contributed by atoms with Gasteiger partial charge in [0.15, 0.2) is 12.3 Å². The van der Waals surface area contributed by atoms with Crippen LogP contribution < -0.4 is 15.4 Å². The van der Waals surface area contributed by atoms with Crippen LogP contribution in [-0.4, -0.2) is 28.6 Å². The molecule has 0 aliphatic carbocycles. The number of nitrogens with one attached hydrogen (secondary N) is 3. The highest BCUT2D eigenvalue weighted by Gasteiger charge is 2.22. The minimum absolute atomic E-state index is 0.0179. The van der Waals surface area contributed by atoms with E-state index < -0.39 is 0 Å². The van der Waals surface area contributed by atoms with Crippen molar-refractivity contribution in [2.45, 2.75) is 32.7 Å². The van der Waals surface area contributed by atoms with Gasteiger partial charge in [0, 0.05) is 0 Å². The summed E-state index contributed by atoms with van der Waals surface area (Å²) in [4.78, 5) is 23.9. The molecule has 1 aromatic heterocycles. The molecule has 1 atom stereocenters. The van der Waals surface area contributed by atoms with E-state index in [0.29, 0.717) is 21.6 Å². The smallest absolute Gasteiger partial charge is 0.273 e. The summed E-state index contributed by atoms with van der Waals surface area (Å²) < 4.78 is 6.02. The molecule has 1 unspecified atom stereocenters. The molecular formula is C17H19BrN4O3. The number of amides is 2. The molecule has 0 saturated heterocycles. The van der Waals surface area contributed by atoms with E-state index in [4.69, 9.17) is 4.74 Å². The van der Waals surface area contributed by atoms with Gasteiger partial charge in [-0.3, -0.25) is 14.7 Å². The standard InChI is InChI=1S/C17H19BrN4O3/c1-8(2)15-14(18)16(22-21-15)17(24)19-9(3)10-4-5-12-11(6-10)20-13(23)7-25-12/h4-6,8-9H,7H2,1-3H3,(H,19,24)(H,20,23)(H,21,22). The van der Waals surface area contributed by atoms with Gasteiger partial charge < -0.3 is 15.4 Å². The van der Waals surface area contributed by atoms with Crippen LogP contribution in [0.15, 0.2) is 22.7 Å². The molecule has 0 bridgehead atoms. The van der Waals surface area contributed by atoms with Crippen molar-refractivity contribution in [3.8, 4) is 5.75 Å². The summed E-state index contributed by atoms with van der Waals surface area (Å²) in [6.07, 6.45) is 0. The first-order valence-corrected chi connectivity index (χ1v) is 8.77. The Morgan fingerprint density at radius 3 is 2.80 bits per heavy atom. The van der Waals surface area contributed by atoms with E-state index >= 15 is 0 Å². The van der Waals surface area contributed by atoms with Crippen molar-refractivity contribution in [2.24, 2.45) is 0 Å². The maximum atomic E-state index is 12.5. The zero-order valence-electron chi connectivity index (χ0n) is 14.1. The number of carbonyl (C=O) groups is 2. The molecule has 1 aliphatic heterocycles. The van der Waals surface area contributed by atoms with E-state index in [1.807, 2.05) is 26.8 Å². The number of nitrogens with zero attached hydrogens (tertiary/aromatic N) is 1. The van der Waals surface area contributed by atoms with Crippen LogP contribution in [0, 0.1) is 0 Å². The molecule has 132 valence electrons. The van der Waals surface area contributed by atoms with Crippen LogP contribution in [0.1, 0.15) is 54.5 Å². The number of anilines is 1. The predicted octanol–water partition coefficient (Wildman–Crippen LogP) is 3.12. The quantitative estimate of drug-likeness (QED) is 0.726. The molecule has 0 fully saturated rings. The average molecular weight is 407 g/mol. The molecule has 25 heavy (non-hydrogen) atoms. The Balaban J connectivity index is 1.76. The lowest BCUT2D eigenvalue weighted by Gasteiger charge is -2.20. The molecule has 3 N–H and O–H groups in total. The summed E-state index contributed by atoms with van der Waals surface area (Å²) in [5, 5.41) is 12.7. The fourth-order valence-corrected chi connectivity index (χ4v) is 3.41. The van der Waals surface area contributed by atoms with E-state index in [-0.39, 0.29) is 30.4 Å². The number of rotatable bonds is 4. The largest absolute Gasteiger partial charge is 0.482 e. The van der Waals surface area contributed by atoms with Crippen LogP contribution >= 0.6 is 15.9 Å². The fourth-order valence-electron chi connectivity index (χ4n) is 2.59. The van der Waals surface area contributed by atoms with Gasteiger partial charge in [-0.25, -0.2) is 0 Å². The number of halogens is 1. The van der Waals surface area contributed by atoms with Crippen LogP contribution in [0.4, 0.5) is 5.69 Å². The van der Waals surface area contributed by atoms with Gasteiger partial charge in [0.25, 0.3) is 11.8 Å². The van der Waals surface area contributed by atoms with E-state index in [0.717, 1.165) is 11.3 Å². The molecule has 3 rings (SSSR count). The zero-order chi connectivity index (χ0) is 18.1. The third kappa shape index (κ3) is 3.53. The first-order chi connectivity index (χ1) is 11.9. The fraction of sp³-hybridized carbons (Fsp3) is 0.353. The van der Waals surface area contributed by atoms with E-state index in [1.165, 1.54) is 0 Å². The molecule has 8 heteroatoms. The monoisotopic (exact) mass is 406 g/mol. The summed E-state index contributed by atoms with van der Waals surface area (Å²) >= 11 is 3.44. The molecule has 7 nitrogen and oxygen atoms in total. The Morgan fingerprint density at radius 1 is 1.36 bits per heavy atom. The van der Waals surface area contributed by atoms with Crippen molar-refractivity contribution >= 4 is 33.4 Å². The molecule has 2 aromatic rings. The highest BCUT2D eigenvalue weighted by Crippen LogP contribution is 2.31. The number of ether oxygens (including phenoxy) is 1. The molecule has 0 spiro atoms. The molecule has 2 amide bonds. The SMILES string of the molecule is CC(C)c1[nH]nc(C(=O)NC(C)c2ccc3c(c2)NC(=O)CO3)c1Br. The second kappa shape index (κ2) is 6.87. The highest BCUT2D eigenvalue weighted by atomic mass is 79.9. The van der Waals surface area contributed by atoms with Gasteiger partial charge in [-0.1, -0.05) is 19.9 Å². The summed E-state index contributed by atoms with van der Waals surface area (Å²) in [5.74, 6) is 0.382. The molecule has 0 saturated carbocycles. The Morgan fingerprint density at radius 2 is 2.12 bits per heavy atom. The number of H-pyrrole nitrogens is 1. The van der Waals surface area contributed by atoms with Crippen molar-refractivity contribution in [3.05, 3.63) is 39.6 Å². The van der Waals surface area contributed by atoms with Crippen molar-refractivity contribution in [1.82, 2.24) is 15.5 Å². The van der Waals surface area contributed by atoms with Crippen molar-refractivity contribution < 1.29 is 14.3 Å². The lowest BCUT2D eigenvalue weighted by atomic mass is 10.1. The predicted molar refractivity (Wildman–Crippen MR) is 96.8 cm³/mol. The van der Waals surface area contributed by atoms with Crippen LogP contribution in [0.3, 0.4) is 0 Å². The first kappa shape index (κ1) is 17.5. The van der Waals surface area contributed by atoms with Gasteiger partial charge in [0.2, 0.25) is 0 Å². The van der Waals surface area contributed by atoms with Crippen molar-refractivity contribution in [1.29, 1.82) is 0 Å². The third-order valence-corrected chi connectivity index (χ3v) is 4.81.